The predicted molar refractivity (Wildman–Crippen MR) is 63.4 cm³/mol. The lowest BCUT2D eigenvalue weighted by atomic mass is 10.1. The molecule has 0 spiro atoms. The summed E-state index contributed by atoms with van der Waals surface area (Å²) in [5.41, 5.74) is 2.58. The molecule has 0 unspecified atom stereocenters. The van der Waals surface area contributed by atoms with E-state index in [0.717, 1.165) is 17.4 Å². The number of hydrogen-bond donors (Lipinski definition) is 1. The fourth-order valence-corrected chi connectivity index (χ4v) is 1.94. The van der Waals surface area contributed by atoms with Crippen LogP contribution in [0.25, 0.3) is 0 Å². The zero-order valence-corrected chi connectivity index (χ0v) is 9.64. The van der Waals surface area contributed by atoms with Crippen LogP contribution < -0.4 is 5.32 Å². The molecule has 1 aromatic carbocycles. The Morgan fingerprint density at radius 1 is 1.33 bits per heavy atom. The van der Waals surface area contributed by atoms with Gasteiger partial charge in [-0.05, 0) is 18.1 Å². The Morgan fingerprint density at radius 3 is 2.80 bits per heavy atom. The van der Waals surface area contributed by atoms with Crippen molar-refractivity contribution in [2.75, 3.05) is 12.4 Å². The van der Waals surface area contributed by atoms with Gasteiger partial charge in [0, 0.05) is 25.0 Å². The summed E-state index contributed by atoms with van der Waals surface area (Å²) in [6, 6.07) is 8.33. The molecule has 0 saturated heterocycles. The average molecular weight is 219 g/mol. The summed E-state index contributed by atoms with van der Waals surface area (Å²) >= 11 is 1.40. The molecular formula is C11H13N3S. The number of rotatable bonds is 3. The molecule has 0 aliphatic rings. The van der Waals surface area contributed by atoms with Gasteiger partial charge in [-0.2, -0.15) is 4.37 Å². The maximum atomic E-state index is 4.36. The van der Waals surface area contributed by atoms with Crippen LogP contribution in [0, 0.1) is 6.92 Å². The van der Waals surface area contributed by atoms with Gasteiger partial charge in [-0.1, -0.05) is 24.3 Å². The summed E-state index contributed by atoms with van der Waals surface area (Å²) in [5.74, 6) is 0.888. The van der Waals surface area contributed by atoms with Crippen molar-refractivity contribution in [3.63, 3.8) is 0 Å². The fourth-order valence-electron chi connectivity index (χ4n) is 1.41. The van der Waals surface area contributed by atoms with Gasteiger partial charge in [0.15, 0.2) is 0 Å². The number of nitrogens with one attached hydrogen (secondary N) is 1. The van der Waals surface area contributed by atoms with Gasteiger partial charge in [0.05, 0.1) is 0 Å². The lowest BCUT2D eigenvalue weighted by Crippen LogP contribution is -1.94. The number of nitrogens with zero attached hydrogens (tertiary/aromatic N) is 2. The number of benzene rings is 1. The molecule has 1 N–H and O–H groups in total. The zero-order chi connectivity index (χ0) is 10.7. The SMILES string of the molecule is CNc1nc(Cc2ccccc2C)ns1. The normalized spacial score (nSPS) is 10.3. The zero-order valence-electron chi connectivity index (χ0n) is 8.82. The van der Waals surface area contributed by atoms with Gasteiger partial charge in [-0.15, -0.1) is 0 Å². The van der Waals surface area contributed by atoms with Crippen molar-refractivity contribution < 1.29 is 0 Å². The van der Waals surface area contributed by atoms with Gasteiger partial charge in [0.2, 0.25) is 5.13 Å². The Hall–Kier alpha value is -1.42. The number of aromatic nitrogens is 2. The topological polar surface area (TPSA) is 37.8 Å². The highest BCUT2D eigenvalue weighted by molar-refractivity contribution is 7.09. The molecule has 3 nitrogen and oxygen atoms in total. The van der Waals surface area contributed by atoms with Gasteiger partial charge in [0.1, 0.15) is 5.82 Å². The molecule has 0 bridgehead atoms. The van der Waals surface area contributed by atoms with Crippen LogP contribution in [0.4, 0.5) is 5.13 Å². The molecule has 0 saturated carbocycles. The standard InChI is InChI=1S/C11H13N3S/c1-8-5-3-4-6-9(8)7-10-13-11(12-2)15-14-10/h3-6H,7H2,1-2H3,(H,12,13,14). The van der Waals surface area contributed by atoms with Crippen LogP contribution in [-0.4, -0.2) is 16.4 Å². The second-order valence-corrected chi connectivity index (χ2v) is 4.12. The summed E-state index contributed by atoms with van der Waals surface area (Å²) in [4.78, 5) is 4.36. The molecule has 1 heterocycles. The third kappa shape index (κ3) is 2.33. The smallest absolute Gasteiger partial charge is 0.202 e. The van der Waals surface area contributed by atoms with Crippen LogP contribution in [0.1, 0.15) is 17.0 Å². The minimum atomic E-state index is 0.810. The van der Waals surface area contributed by atoms with Crippen molar-refractivity contribution in [1.29, 1.82) is 0 Å². The van der Waals surface area contributed by atoms with E-state index in [4.69, 9.17) is 0 Å². The molecule has 4 heteroatoms. The van der Waals surface area contributed by atoms with Crippen LogP contribution in [0.15, 0.2) is 24.3 Å². The van der Waals surface area contributed by atoms with Crippen LogP contribution in [0.2, 0.25) is 0 Å². The van der Waals surface area contributed by atoms with E-state index >= 15 is 0 Å². The van der Waals surface area contributed by atoms with Gasteiger partial charge >= 0.3 is 0 Å². The maximum absolute atomic E-state index is 4.36. The first kappa shape index (κ1) is 10.1. The van der Waals surface area contributed by atoms with Crippen molar-refractivity contribution in [1.82, 2.24) is 9.36 Å². The number of anilines is 1. The monoisotopic (exact) mass is 219 g/mol. The Morgan fingerprint density at radius 2 is 2.13 bits per heavy atom. The highest BCUT2D eigenvalue weighted by Gasteiger charge is 2.04. The van der Waals surface area contributed by atoms with Crippen molar-refractivity contribution >= 4 is 16.7 Å². The predicted octanol–water partition coefficient (Wildman–Crippen LogP) is 2.48. The van der Waals surface area contributed by atoms with E-state index in [2.05, 4.69) is 33.7 Å². The molecule has 0 amide bonds. The van der Waals surface area contributed by atoms with Crippen molar-refractivity contribution in [3.8, 4) is 0 Å². The molecule has 15 heavy (non-hydrogen) atoms. The Labute approximate surface area is 93.4 Å². The van der Waals surface area contributed by atoms with Gasteiger partial charge in [-0.25, -0.2) is 4.98 Å². The van der Waals surface area contributed by atoms with E-state index in [0.29, 0.717) is 0 Å². The first-order valence-corrected chi connectivity index (χ1v) is 5.62. The number of hydrogen-bond acceptors (Lipinski definition) is 4. The Balaban J connectivity index is 2.18. The first-order chi connectivity index (χ1) is 7.29. The molecule has 0 fully saturated rings. The molecule has 0 aliphatic heterocycles. The third-order valence-corrected chi connectivity index (χ3v) is 3.06. The minimum absolute atomic E-state index is 0.810. The van der Waals surface area contributed by atoms with E-state index in [1.165, 1.54) is 22.7 Å². The quantitative estimate of drug-likeness (QED) is 0.861. The van der Waals surface area contributed by atoms with Crippen LogP contribution in [0.3, 0.4) is 0 Å². The summed E-state index contributed by atoms with van der Waals surface area (Å²) in [6.45, 7) is 2.11. The highest BCUT2D eigenvalue weighted by Crippen LogP contribution is 2.15. The molecule has 78 valence electrons. The molecule has 2 aromatic rings. The number of aryl methyl sites for hydroxylation is 1. The second-order valence-electron chi connectivity index (χ2n) is 3.37. The summed E-state index contributed by atoms with van der Waals surface area (Å²) < 4.78 is 4.29. The summed E-state index contributed by atoms with van der Waals surface area (Å²) in [5, 5.41) is 3.87. The Bertz CT molecular complexity index is 451. The van der Waals surface area contributed by atoms with E-state index in [1.54, 1.807) is 0 Å². The van der Waals surface area contributed by atoms with Crippen LogP contribution in [-0.2, 0) is 6.42 Å². The van der Waals surface area contributed by atoms with E-state index in [1.807, 2.05) is 19.2 Å². The van der Waals surface area contributed by atoms with E-state index in [-0.39, 0.29) is 0 Å². The van der Waals surface area contributed by atoms with Crippen molar-refractivity contribution in [2.24, 2.45) is 0 Å². The first-order valence-electron chi connectivity index (χ1n) is 4.84. The molecule has 2 rings (SSSR count). The Kier molecular flexibility index (Phi) is 2.97. The summed E-state index contributed by atoms with van der Waals surface area (Å²) in [7, 11) is 1.86. The lowest BCUT2D eigenvalue weighted by molar-refractivity contribution is 1.02. The highest BCUT2D eigenvalue weighted by atomic mass is 32.1. The molecular weight excluding hydrogens is 206 g/mol. The van der Waals surface area contributed by atoms with Crippen LogP contribution in [0.5, 0.6) is 0 Å². The third-order valence-electron chi connectivity index (χ3n) is 2.29. The molecule has 1 aromatic heterocycles. The van der Waals surface area contributed by atoms with E-state index in [9.17, 15) is 0 Å². The molecule has 0 aliphatic carbocycles. The maximum Gasteiger partial charge on any atom is 0.202 e. The van der Waals surface area contributed by atoms with Crippen molar-refractivity contribution in [2.45, 2.75) is 13.3 Å². The van der Waals surface area contributed by atoms with Gasteiger partial charge in [0.25, 0.3) is 0 Å². The average Bonchev–Trinajstić information content (AvgIpc) is 2.69. The van der Waals surface area contributed by atoms with E-state index < -0.39 is 0 Å². The largest absolute Gasteiger partial charge is 0.363 e. The fraction of sp³-hybridized carbons (Fsp3) is 0.273. The van der Waals surface area contributed by atoms with Gasteiger partial charge in [-0.3, -0.25) is 0 Å². The summed E-state index contributed by atoms with van der Waals surface area (Å²) in [6.07, 6.45) is 0.810. The van der Waals surface area contributed by atoms with Gasteiger partial charge < -0.3 is 5.32 Å². The minimum Gasteiger partial charge on any atom is -0.363 e. The molecule has 0 radical (unpaired) electrons. The lowest BCUT2D eigenvalue weighted by Gasteiger charge is -2.01. The van der Waals surface area contributed by atoms with Crippen molar-refractivity contribution in [3.05, 3.63) is 41.2 Å². The van der Waals surface area contributed by atoms with Crippen LogP contribution >= 0.6 is 11.5 Å². The molecule has 0 atom stereocenters. The second kappa shape index (κ2) is 4.40.